The minimum Gasteiger partial charge on any atom is -1.00 e. The van der Waals surface area contributed by atoms with Gasteiger partial charge in [-0.1, -0.05) is 108 Å². The Hall–Kier alpha value is -3.47. The Morgan fingerprint density at radius 3 is 1.26 bits per heavy atom. The Bertz CT molecular complexity index is 2730. The SMILES string of the molecule is C[Si](=[Zr+2])CCC(F)(F)F.[Cl-].[Cl-].c1ccc2c(-c3cccc4[cH-]c(CC56CCC(CC5)C6)cc34)cccc2c1.c1ccc2c(-c3cccc4[cH-]c(CC56CCC(CC5)C6)cc34)cccc2c1. The quantitative estimate of drug-likeness (QED) is 0.105. The molecule has 0 amide bonds. The number of halogens is 5. The molecule has 0 spiro atoms. The van der Waals surface area contributed by atoms with E-state index in [4.69, 9.17) is 0 Å². The summed E-state index contributed by atoms with van der Waals surface area (Å²) in [6.45, 7) is 1.93. The zero-order valence-electron chi connectivity index (χ0n) is 37.3. The fraction of sp³-hybridized carbons (Fsp3) is 0.345. The second kappa shape index (κ2) is 20.0. The van der Waals surface area contributed by atoms with E-state index < -0.39 is 18.0 Å². The van der Waals surface area contributed by atoms with Gasteiger partial charge < -0.3 is 24.8 Å². The summed E-state index contributed by atoms with van der Waals surface area (Å²) in [6, 6.07) is 54.8. The fourth-order valence-electron chi connectivity index (χ4n) is 12.5. The summed E-state index contributed by atoms with van der Waals surface area (Å²) in [7, 11) is 0. The van der Waals surface area contributed by atoms with Crippen LogP contribution in [0.4, 0.5) is 13.2 Å². The van der Waals surface area contributed by atoms with Crippen LogP contribution < -0.4 is 24.8 Å². The molecule has 12 rings (SSSR count). The van der Waals surface area contributed by atoms with E-state index in [1.54, 1.807) is 11.1 Å². The normalized spacial score (nSPS) is 21.8. The molecule has 334 valence electrons. The Kier molecular flexibility index (Phi) is 14.8. The predicted octanol–water partition coefficient (Wildman–Crippen LogP) is 11.1. The zero-order valence-corrected chi connectivity index (χ0v) is 42.3. The molecular weight excluding hydrogens is 944 g/mol. The third kappa shape index (κ3) is 10.5. The largest absolute Gasteiger partial charge is 1.00 e. The van der Waals surface area contributed by atoms with E-state index in [9.17, 15) is 13.2 Å². The number of hydrogen-bond donors (Lipinski definition) is 0. The molecule has 4 saturated carbocycles. The Labute approximate surface area is 410 Å². The third-order valence-corrected chi connectivity index (χ3v) is 18.3. The van der Waals surface area contributed by atoms with Crippen molar-refractivity contribution in [1.29, 1.82) is 0 Å². The molecule has 0 unspecified atom stereocenters. The van der Waals surface area contributed by atoms with Crippen molar-refractivity contribution in [3.8, 4) is 22.3 Å². The minimum atomic E-state index is -3.93. The molecule has 0 atom stereocenters. The van der Waals surface area contributed by atoms with E-state index in [0.29, 0.717) is 16.9 Å². The maximum absolute atomic E-state index is 11.4. The molecule has 4 fully saturated rings. The van der Waals surface area contributed by atoms with Crippen molar-refractivity contribution in [2.24, 2.45) is 22.7 Å². The first-order valence-corrected chi connectivity index (χ1v) is 29.3. The van der Waals surface area contributed by atoms with Crippen LogP contribution in [0.25, 0.3) is 65.3 Å². The van der Waals surface area contributed by atoms with Gasteiger partial charge in [0, 0.05) is 0 Å². The van der Waals surface area contributed by atoms with Gasteiger partial charge >= 0.3 is 67.1 Å². The topological polar surface area (TPSA) is 0 Å². The van der Waals surface area contributed by atoms with Crippen LogP contribution in [0, 0.1) is 22.7 Å². The maximum atomic E-state index is 11.4. The van der Waals surface area contributed by atoms with Gasteiger partial charge in [0.1, 0.15) is 0 Å². The van der Waals surface area contributed by atoms with Crippen molar-refractivity contribution >= 4 is 48.5 Å². The molecular formula is C58H57Cl2F3SiZr-2. The number of alkyl halides is 3. The first kappa shape index (κ1) is 48.0. The monoisotopic (exact) mass is 998 g/mol. The van der Waals surface area contributed by atoms with E-state index in [1.165, 1.54) is 166 Å². The van der Waals surface area contributed by atoms with Crippen LogP contribution in [0.15, 0.2) is 146 Å². The summed E-state index contributed by atoms with van der Waals surface area (Å²) in [5.41, 5.74) is 9.22. The molecule has 0 aliphatic heterocycles. The number of hydrogen-bond acceptors (Lipinski definition) is 0. The van der Waals surface area contributed by atoms with Gasteiger partial charge in [-0.3, -0.25) is 0 Å². The summed E-state index contributed by atoms with van der Waals surface area (Å²) in [4.78, 5) is 0. The van der Waals surface area contributed by atoms with Gasteiger partial charge in [0.05, 0.1) is 0 Å². The van der Waals surface area contributed by atoms with Gasteiger partial charge in [-0.2, -0.15) is 12.1 Å². The Morgan fingerprint density at radius 1 is 0.538 bits per heavy atom. The van der Waals surface area contributed by atoms with Gasteiger partial charge in [-0.05, 0) is 132 Å². The van der Waals surface area contributed by atoms with E-state index in [0.717, 1.165) is 11.8 Å². The zero-order chi connectivity index (χ0) is 43.2. The molecule has 0 N–H and O–H groups in total. The van der Waals surface area contributed by atoms with Crippen molar-refractivity contribution in [2.45, 2.75) is 102 Å². The molecule has 8 aromatic rings. The molecule has 0 radical (unpaired) electrons. The molecule has 8 aromatic carbocycles. The van der Waals surface area contributed by atoms with Crippen LogP contribution in [-0.4, -0.2) is 11.6 Å². The van der Waals surface area contributed by atoms with Crippen molar-refractivity contribution in [3.05, 3.63) is 157 Å². The van der Waals surface area contributed by atoms with Gasteiger partial charge in [-0.15, -0.1) is 69.1 Å². The maximum Gasteiger partial charge on any atom is -0.0114 e. The molecule has 0 nitrogen and oxygen atoms in total. The number of fused-ring (bicyclic) bond motifs is 8. The molecule has 7 heteroatoms. The van der Waals surface area contributed by atoms with Gasteiger partial charge in [-0.25, -0.2) is 0 Å². The molecule has 0 saturated heterocycles. The Balaban J connectivity index is 0.000000146. The fourth-order valence-corrected chi connectivity index (χ4v) is 14.1. The Morgan fingerprint density at radius 2 is 0.908 bits per heavy atom. The molecule has 65 heavy (non-hydrogen) atoms. The van der Waals surface area contributed by atoms with Gasteiger partial charge in [0.15, 0.2) is 0 Å². The molecule has 4 aliphatic carbocycles. The summed E-state index contributed by atoms with van der Waals surface area (Å²) in [5.74, 6) is 2.06. The minimum absolute atomic E-state index is 0. The second-order valence-electron chi connectivity index (χ2n) is 19.9. The van der Waals surface area contributed by atoms with Crippen LogP contribution in [0.3, 0.4) is 0 Å². The first-order valence-electron chi connectivity index (χ1n) is 23.4. The third-order valence-electron chi connectivity index (χ3n) is 15.5. The van der Waals surface area contributed by atoms with Crippen LogP contribution in [0.1, 0.15) is 81.8 Å². The van der Waals surface area contributed by atoms with Crippen molar-refractivity contribution in [1.82, 2.24) is 0 Å². The second-order valence-corrected chi connectivity index (χ2v) is 28.3. The molecule has 0 aromatic heterocycles. The average molecular weight is 1000 g/mol. The van der Waals surface area contributed by atoms with Crippen molar-refractivity contribution < 1.29 is 61.3 Å². The van der Waals surface area contributed by atoms with E-state index >= 15 is 0 Å². The van der Waals surface area contributed by atoms with E-state index in [2.05, 4.69) is 146 Å². The smallest absolute Gasteiger partial charge is 0.0114 e. The molecule has 4 bridgehead atoms. The van der Waals surface area contributed by atoms with Crippen LogP contribution in [-0.2, 0) is 36.2 Å². The van der Waals surface area contributed by atoms with E-state index in [1.807, 2.05) is 6.55 Å². The summed E-state index contributed by atoms with van der Waals surface area (Å²) < 4.78 is 34.3. The van der Waals surface area contributed by atoms with Crippen LogP contribution >= 0.6 is 0 Å². The summed E-state index contributed by atoms with van der Waals surface area (Å²) >= 11 is 1.29. The van der Waals surface area contributed by atoms with Crippen molar-refractivity contribution in [2.75, 3.05) is 0 Å². The average Bonchev–Trinajstić information content (AvgIpc) is 4.17. The molecule has 0 heterocycles. The standard InChI is InChI=1S/2C27H25.C4H7F3Si.2ClH.Zr/c2*1-2-8-23-21(5-1)6-3-9-24(23)25-10-4-7-22-15-20(16-26(22)25)18-27-13-11-19(17-27)12-14-27;1-8-3-2-4(5,6)7;;;/h2*1-10,15-16,19H,11-14,17-18H2;2-3H2,1H3;2*1H;/q2*-1;;;;+2/p-2. The van der Waals surface area contributed by atoms with Gasteiger partial charge in [0.25, 0.3) is 0 Å². The van der Waals surface area contributed by atoms with Crippen LogP contribution in [0.2, 0.25) is 12.6 Å². The van der Waals surface area contributed by atoms with Crippen molar-refractivity contribution in [3.63, 3.8) is 0 Å². The van der Waals surface area contributed by atoms with Crippen LogP contribution in [0.5, 0.6) is 0 Å². The molecule has 4 aliphatic rings. The summed E-state index contributed by atoms with van der Waals surface area (Å²) in [6.07, 6.45) is 12.7. The predicted molar refractivity (Wildman–Crippen MR) is 257 cm³/mol. The number of benzene rings is 6. The number of rotatable bonds is 8. The van der Waals surface area contributed by atoms with E-state index in [-0.39, 0.29) is 24.8 Å². The summed E-state index contributed by atoms with van der Waals surface area (Å²) in [5, 5.41) is 11.0. The van der Waals surface area contributed by atoms with Gasteiger partial charge in [0.2, 0.25) is 0 Å². The first-order chi connectivity index (χ1) is 30.5.